The molecule has 3 aromatic heterocycles. The van der Waals surface area contributed by atoms with Crippen LogP contribution in [0.3, 0.4) is 0 Å². The zero-order chi connectivity index (χ0) is 18.8. The first-order valence-corrected chi connectivity index (χ1v) is 8.26. The van der Waals surface area contributed by atoms with Gasteiger partial charge in [-0.15, -0.1) is 0 Å². The topological polar surface area (TPSA) is 104 Å². The van der Waals surface area contributed by atoms with Crippen LogP contribution in [0.1, 0.15) is 36.0 Å². The number of aryl methyl sites for hydroxylation is 1. The molecular formula is C17H21N5O4. The lowest BCUT2D eigenvalue weighted by Crippen LogP contribution is -2.25. The van der Waals surface area contributed by atoms with E-state index in [1.807, 2.05) is 13.8 Å². The van der Waals surface area contributed by atoms with Gasteiger partial charge in [0.2, 0.25) is 5.71 Å². The number of hydrogen-bond donors (Lipinski definition) is 1. The van der Waals surface area contributed by atoms with Gasteiger partial charge in [0.25, 0.3) is 11.5 Å². The molecule has 0 spiro atoms. The van der Waals surface area contributed by atoms with Gasteiger partial charge in [0.05, 0.1) is 24.9 Å². The third-order valence-electron chi connectivity index (χ3n) is 4.02. The molecule has 0 unspecified atom stereocenters. The number of amides is 1. The summed E-state index contributed by atoms with van der Waals surface area (Å²) in [6.45, 7) is 6.25. The Kier molecular flexibility index (Phi) is 4.90. The van der Waals surface area contributed by atoms with Gasteiger partial charge < -0.3 is 14.5 Å². The number of furan rings is 1. The van der Waals surface area contributed by atoms with E-state index < -0.39 is 5.91 Å². The van der Waals surface area contributed by atoms with Crippen molar-refractivity contribution in [3.63, 3.8) is 0 Å². The van der Waals surface area contributed by atoms with E-state index in [0.717, 1.165) is 0 Å². The van der Waals surface area contributed by atoms with E-state index in [1.165, 1.54) is 10.9 Å². The van der Waals surface area contributed by atoms with E-state index in [1.54, 1.807) is 31.0 Å². The minimum atomic E-state index is -0.438. The number of hydrogen-bond acceptors (Lipinski definition) is 6. The standard InChI is InChI=1S/C17H21N5O4/c1-10(2)22-12(5-6-19-22)20-15(23)13-11(3)26-16-14(13)17(24)21(9-18-16)7-8-25-4/h5-6,9-10H,7-8H2,1-4H3,(H,20,23). The smallest absolute Gasteiger partial charge is 0.265 e. The molecule has 0 aliphatic rings. The molecule has 0 aromatic carbocycles. The summed E-state index contributed by atoms with van der Waals surface area (Å²) >= 11 is 0. The molecule has 0 radical (unpaired) electrons. The van der Waals surface area contributed by atoms with Crippen molar-refractivity contribution in [2.45, 2.75) is 33.4 Å². The van der Waals surface area contributed by atoms with E-state index >= 15 is 0 Å². The highest BCUT2D eigenvalue weighted by molar-refractivity contribution is 6.12. The Labute approximate surface area is 149 Å². The Morgan fingerprint density at radius 2 is 2.19 bits per heavy atom. The quantitative estimate of drug-likeness (QED) is 0.721. The maximum Gasteiger partial charge on any atom is 0.265 e. The van der Waals surface area contributed by atoms with Crippen molar-refractivity contribution in [2.75, 3.05) is 19.0 Å². The zero-order valence-electron chi connectivity index (χ0n) is 15.1. The van der Waals surface area contributed by atoms with E-state index in [-0.39, 0.29) is 28.3 Å². The van der Waals surface area contributed by atoms with Gasteiger partial charge in [0, 0.05) is 19.2 Å². The van der Waals surface area contributed by atoms with Crippen LogP contribution in [0.5, 0.6) is 0 Å². The molecular weight excluding hydrogens is 338 g/mol. The second kappa shape index (κ2) is 7.12. The first kappa shape index (κ1) is 17.9. The molecule has 9 heteroatoms. The number of ether oxygens (including phenoxy) is 1. The fourth-order valence-corrected chi connectivity index (χ4v) is 2.76. The van der Waals surface area contributed by atoms with Gasteiger partial charge in [0.15, 0.2) is 0 Å². The molecule has 3 heterocycles. The van der Waals surface area contributed by atoms with Gasteiger partial charge in [-0.2, -0.15) is 5.10 Å². The largest absolute Gasteiger partial charge is 0.442 e. The molecule has 0 saturated carbocycles. The number of methoxy groups -OCH3 is 1. The monoisotopic (exact) mass is 359 g/mol. The lowest BCUT2D eigenvalue weighted by Gasteiger charge is -2.11. The number of fused-ring (bicyclic) bond motifs is 1. The summed E-state index contributed by atoms with van der Waals surface area (Å²) in [6.07, 6.45) is 3.00. The molecule has 0 saturated heterocycles. The average Bonchev–Trinajstić information content (AvgIpc) is 3.18. The molecule has 1 N–H and O–H groups in total. The van der Waals surface area contributed by atoms with Crippen LogP contribution in [-0.2, 0) is 11.3 Å². The van der Waals surface area contributed by atoms with Crippen molar-refractivity contribution in [3.8, 4) is 0 Å². The molecule has 26 heavy (non-hydrogen) atoms. The lowest BCUT2D eigenvalue weighted by molar-refractivity contribution is 0.102. The van der Waals surface area contributed by atoms with E-state index in [0.29, 0.717) is 24.7 Å². The molecule has 3 aromatic rings. The SMILES string of the molecule is COCCn1cnc2oc(C)c(C(=O)Nc3ccnn3C(C)C)c2c1=O. The van der Waals surface area contributed by atoms with Crippen molar-refractivity contribution in [2.24, 2.45) is 0 Å². The molecule has 138 valence electrons. The number of nitrogens with one attached hydrogen (secondary N) is 1. The number of nitrogens with zero attached hydrogens (tertiary/aromatic N) is 4. The highest BCUT2D eigenvalue weighted by Gasteiger charge is 2.24. The Morgan fingerprint density at radius 3 is 2.88 bits per heavy atom. The summed E-state index contributed by atoms with van der Waals surface area (Å²) in [6, 6.07) is 1.78. The van der Waals surface area contributed by atoms with E-state index in [2.05, 4.69) is 15.4 Å². The van der Waals surface area contributed by atoms with E-state index in [9.17, 15) is 9.59 Å². The van der Waals surface area contributed by atoms with Crippen molar-refractivity contribution in [1.29, 1.82) is 0 Å². The predicted molar refractivity (Wildman–Crippen MR) is 95.4 cm³/mol. The van der Waals surface area contributed by atoms with Gasteiger partial charge in [-0.05, 0) is 20.8 Å². The normalized spacial score (nSPS) is 11.4. The molecule has 1 amide bonds. The van der Waals surface area contributed by atoms with Crippen molar-refractivity contribution in [1.82, 2.24) is 19.3 Å². The first-order chi connectivity index (χ1) is 12.4. The van der Waals surface area contributed by atoms with Crippen LogP contribution in [0.2, 0.25) is 0 Å². The van der Waals surface area contributed by atoms with Gasteiger partial charge >= 0.3 is 0 Å². The summed E-state index contributed by atoms with van der Waals surface area (Å²) in [5.41, 5.74) is -0.0177. The Balaban J connectivity index is 2.03. The van der Waals surface area contributed by atoms with Crippen LogP contribution in [0.15, 0.2) is 27.8 Å². The summed E-state index contributed by atoms with van der Waals surface area (Å²) < 4.78 is 13.6. The lowest BCUT2D eigenvalue weighted by atomic mass is 10.2. The zero-order valence-corrected chi connectivity index (χ0v) is 15.1. The van der Waals surface area contributed by atoms with Gasteiger partial charge in [-0.25, -0.2) is 9.67 Å². The fourth-order valence-electron chi connectivity index (χ4n) is 2.76. The van der Waals surface area contributed by atoms with Crippen molar-refractivity contribution in [3.05, 3.63) is 40.3 Å². The predicted octanol–water partition coefficient (Wildman–Crippen LogP) is 1.97. The third-order valence-corrected chi connectivity index (χ3v) is 4.02. The van der Waals surface area contributed by atoms with Crippen molar-refractivity contribution < 1.29 is 13.9 Å². The second-order valence-corrected chi connectivity index (χ2v) is 6.16. The second-order valence-electron chi connectivity index (χ2n) is 6.16. The van der Waals surface area contributed by atoms with Crippen LogP contribution in [-0.4, -0.2) is 39.0 Å². The first-order valence-electron chi connectivity index (χ1n) is 8.26. The summed E-state index contributed by atoms with van der Waals surface area (Å²) in [5.74, 6) is 0.441. The van der Waals surface area contributed by atoms with E-state index in [4.69, 9.17) is 9.15 Å². The molecule has 0 aliphatic heterocycles. The summed E-state index contributed by atoms with van der Waals surface area (Å²) in [5, 5.41) is 7.15. The van der Waals surface area contributed by atoms with Crippen LogP contribution in [0.25, 0.3) is 11.1 Å². The fraction of sp³-hybridized carbons (Fsp3) is 0.412. The highest BCUT2D eigenvalue weighted by Crippen LogP contribution is 2.23. The molecule has 9 nitrogen and oxygen atoms in total. The molecule has 0 atom stereocenters. The average molecular weight is 359 g/mol. The summed E-state index contributed by atoms with van der Waals surface area (Å²) in [7, 11) is 1.55. The third kappa shape index (κ3) is 3.13. The minimum absolute atomic E-state index is 0.0791. The van der Waals surface area contributed by atoms with Crippen LogP contribution >= 0.6 is 0 Å². The highest BCUT2D eigenvalue weighted by atomic mass is 16.5. The van der Waals surface area contributed by atoms with Gasteiger partial charge in [-0.1, -0.05) is 0 Å². The summed E-state index contributed by atoms with van der Waals surface area (Å²) in [4.78, 5) is 29.8. The van der Waals surface area contributed by atoms with Crippen LogP contribution < -0.4 is 10.9 Å². The van der Waals surface area contributed by atoms with Crippen LogP contribution in [0.4, 0.5) is 5.82 Å². The number of carbonyl (C=O) groups is 1. The minimum Gasteiger partial charge on any atom is -0.442 e. The van der Waals surface area contributed by atoms with Crippen molar-refractivity contribution >= 4 is 22.8 Å². The van der Waals surface area contributed by atoms with Gasteiger partial charge in [0.1, 0.15) is 23.3 Å². The molecule has 0 bridgehead atoms. The Hall–Kier alpha value is -2.94. The molecule has 0 fully saturated rings. The number of aromatic nitrogens is 4. The number of anilines is 1. The van der Waals surface area contributed by atoms with Crippen LogP contribution in [0, 0.1) is 6.92 Å². The molecule has 3 rings (SSSR count). The molecule has 0 aliphatic carbocycles. The Morgan fingerprint density at radius 1 is 1.42 bits per heavy atom. The van der Waals surface area contributed by atoms with Gasteiger partial charge in [-0.3, -0.25) is 14.2 Å². The number of rotatable bonds is 6. The number of carbonyl (C=O) groups excluding carboxylic acids is 1. The maximum absolute atomic E-state index is 12.8. The maximum atomic E-state index is 12.8. The Bertz CT molecular complexity index is 998.